The van der Waals surface area contributed by atoms with Gasteiger partial charge >= 0.3 is 6.03 Å². The first-order chi connectivity index (χ1) is 11.6. The summed E-state index contributed by atoms with van der Waals surface area (Å²) in [6.45, 7) is 5.65. The molecule has 3 heterocycles. The standard InChI is InChI=1S/C17H20N4O3/c1-11-7-12(2)21(19-11)14-5-6-20(9-14)17(22)18-13-3-4-15-16(8-13)24-10-23-15/h3-4,7-8,14H,5-6,9-10H2,1-2H3,(H,18,22). The molecule has 24 heavy (non-hydrogen) atoms. The topological polar surface area (TPSA) is 68.6 Å². The normalized spacial score (nSPS) is 18.9. The van der Waals surface area contributed by atoms with Gasteiger partial charge in [-0.05, 0) is 38.5 Å². The van der Waals surface area contributed by atoms with Crippen molar-refractivity contribution in [1.82, 2.24) is 14.7 Å². The molecule has 2 aromatic rings. The zero-order valence-corrected chi connectivity index (χ0v) is 13.8. The lowest BCUT2D eigenvalue weighted by molar-refractivity contribution is 0.174. The Hall–Kier alpha value is -2.70. The smallest absolute Gasteiger partial charge is 0.321 e. The molecule has 1 N–H and O–H groups in total. The molecule has 1 unspecified atom stereocenters. The van der Waals surface area contributed by atoms with Gasteiger partial charge in [0.15, 0.2) is 11.5 Å². The van der Waals surface area contributed by atoms with E-state index in [1.807, 2.05) is 22.6 Å². The Balaban J connectivity index is 1.41. The van der Waals surface area contributed by atoms with Crippen LogP contribution < -0.4 is 14.8 Å². The number of benzene rings is 1. The zero-order chi connectivity index (χ0) is 16.7. The van der Waals surface area contributed by atoms with Gasteiger partial charge in [0.05, 0.1) is 11.7 Å². The number of hydrogen-bond donors (Lipinski definition) is 1. The fraction of sp³-hybridized carbons (Fsp3) is 0.412. The molecule has 0 saturated carbocycles. The maximum Gasteiger partial charge on any atom is 0.321 e. The minimum Gasteiger partial charge on any atom is -0.454 e. The number of fused-ring (bicyclic) bond motifs is 1. The van der Waals surface area contributed by atoms with E-state index < -0.39 is 0 Å². The van der Waals surface area contributed by atoms with Gasteiger partial charge in [0.1, 0.15) is 0 Å². The maximum atomic E-state index is 12.5. The number of ether oxygens (including phenoxy) is 2. The number of hydrogen-bond acceptors (Lipinski definition) is 4. The van der Waals surface area contributed by atoms with Gasteiger partial charge in [-0.1, -0.05) is 0 Å². The molecule has 0 spiro atoms. The highest BCUT2D eigenvalue weighted by atomic mass is 16.7. The van der Waals surface area contributed by atoms with Crippen molar-refractivity contribution in [2.45, 2.75) is 26.3 Å². The third-order valence-electron chi connectivity index (χ3n) is 4.46. The number of aryl methyl sites for hydroxylation is 2. The van der Waals surface area contributed by atoms with Gasteiger partial charge in [0.25, 0.3) is 0 Å². The highest BCUT2D eigenvalue weighted by Crippen LogP contribution is 2.34. The number of anilines is 1. The first-order valence-corrected chi connectivity index (χ1v) is 8.08. The summed E-state index contributed by atoms with van der Waals surface area (Å²) in [5.41, 5.74) is 2.85. The molecule has 1 aromatic heterocycles. The number of nitrogens with zero attached hydrogens (tertiary/aromatic N) is 3. The number of amides is 2. The summed E-state index contributed by atoms with van der Waals surface area (Å²) in [7, 11) is 0. The zero-order valence-electron chi connectivity index (χ0n) is 13.8. The van der Waals surface area contributed by atoms with Crippen molar-refractivity contribution >= 4 is 11.7 Å². The van der Waals surface area contributed by atoms with Crippen LogP contribution in [0.3, 0.4) is 0 Å². The molecule has 4 rings (SSSR count). The minimum atomic E-state index is -0.0992. The molecule has 1 saturated heterocycles. The first kappa shape index (κ1) is 14.9. The highest BCUT2D eigenvalue weighted by molar-refractivity contribution is 5.90. The third-order valence-corrected chi connectivity index (χ3v) is 4.46. The molecule has 0 bridgehead atoms. The third kappa shape index (κ3) is 2.66. The van der Waals surface area contributed by atoms with Gasteiger partial charge in [-0.25, -0.2) is 4.79 Å². The number of nitrogens with one attached hydrogen (secondary N) is 1. The largest absolute Gasteiger partial charge is 0.454 e. The van der Waals surface area contributed by atoms with Crippen molar-refractivity contribution in [2.75, 3.05) is 25.2 Å². The van der Waals surface area contributed by atoms with Crippen molar-refractivity contribution in [1.29, 1.82) is 0 Å². The predicted octanol–water partition coefficient (Wildman–Crippen LogP) is 2.71. The Bertz CT molecular complexity index is 786. The molecule has 1 fully saturated rings. The summed E-state index contributed by atoms with van der Waals surface area (Å²) in [6, 6.07) is 7.61. The lowest BCUT2D eigenvalue weighted by atomic mass is 10.2. The number of carbonyl (C=O) groups excluding carboxylic acids is 1. The second-order valence-corrected chi connectivity index (χ2v) is 6.26. The summed E-state index contributed by atoms with van der Waals surface area (Å²) in [5.74, 6) is 1.37. The van der Waals surface area contributed by atoms with E-state index in [1.54, 1.807) is 12.1 Å². The number of rotatable bonds is 2. The number of carbonyl (C=O) groups is 1. The van der Waals surface area contributed by atoms with Gasteiger partial charge in [0, 0.05) is 30.5 Å². The lowest BCUT2D eigenvalue weighted by Crippen LogP contribution is -2.33. The van der Waals surface area contributed by atoms with Crippen LogP contribution in [0.15, 0.2) is 24.3 Å². The van der Waals surface area contributed by atoms with E-state index >= 15 is 0 Å². The van der Waals surface area contributed by atoms with Crippen molar-refractivity contribution in [3.05, 3.63) is 35.7 Å². The average molecular weight is 328 g/mol. The minimum absolute atomic E-state index is 0.0992. The Kier molecular flexibility index (Phi) is 3.55. The molecule has 7 nitrogen and oxygen atoms in total. The second kappa shape index (κ2) is 5.74. The SMILES string of the molecule is Cc1cc(C)n(C2CCN(C(=O)Nc3ccc4c(c3)OCO4)C2)n1. The molecule has 126 valence electrons. The van der Waals surface area contributed by atoms with Crippen LogP contribution in [0.1, 0.15) is 23.9 Å². The molecule has 2 amide bonds. The molecule has 1 atom stereocenters. The van der Waals surface area contributed by atoms with Crippen LogP contribution in [0, 0.1) is 13.8 Å². The van der Waals surface area contributed by atoms with Crippen LogP contribution in [-0.2, 0) is 0 Å². The Morgan fingerprint density at radius 2 is 2.08 bits per heavy atom. The van der Waals surface area contributed by atoms with Gasteiger partial charge in [-0.15, -0.1) is 0 Å². The van der Waals surface area contributed by atoms with Crippen LogP contribution in [0.2, 0.25) is 0 Å². The summed E-state index contributed by atoms with van der Waals surface area (Å²) in [6.07, 6.45) is 0.913. The van der Waals surface area contributed by atoms with Crippen LogP contribution in [0.25, 0.3) is 0 Å². The van der Waals surface area contributed by atoms with Crippen LogP contribution in [0.5, 0.6) is 11.5 Å². The lowest BCUT2D eigenvalue weighted by Gasteiger charge is -2.18. The quantitative estimate of drug-likeness (QED) is 0.920. The van der Waals surface area contributed by atoms with Crippen molar-refractivity contribution in [3.8, 4) is 11.5 Å². The van der Waals surface area contributed by atoms with Gasteiger partial charge < -0.3 is 19.7 Å². The van der Waals surface area contributed by atoms with Crippen molar-refractivity contribution < 1.29 is 14.3 Å². The van der Waals surface area contributed by atoms with Crippen molar-refractivity contribution in [2.24, 2.45) is 0 Å². The van der Waals surface area contributed by atoms with E-state index in [0.29, 0.717) is 23.7 Å². The molecule has 0 radical (unpaired) electrons. The molecular formula is C17H20N4O3. The fourth-order valence-electron chi connectivity index (χ4n) is 3.32. The van der Waals surface area contributed by atoms with Crippen LogP contribution in [-0.4, -0.2) is 40.6 Å². The predicted molar refractivity (Wildman–Crippen MR) is 88.5 cm³/mol. The molecule has 1 aromatic carbocycles. The van der Waals surface area contributed by atoms with E-state index in [4.69, 9.17) is 9.47 Å². The molecular weight excluding hydrogens is 308 g/mol. The van der Waals surface area contributed by atoms with E-state index in [1.165, 1.54) is 0 Å². The van der Waals surface area contributed by atoms with E-state index in [2.05, 4.69) is 23.4 Å². The Morgan fingerprint density at radius 1 is 1.25 bits per heavy atom. The van der Waals surface area contributed by atoms with E-state index in [9.17, 15) is 4.79 Å². The number of likely N-dealkylation sites (tertiary alicyclic amines) is 1. The Morgan fingerprint density at radius 3 is 2.88 bits per heavy atom. The summed E-state index contributed by atoms with van der Waals surface area (Å²) in [5, 5.41) is 7.46. The van der Waals surface area contributed by atoms with Gasteiger partial charge in [-0.2, -0.15) is 5.10 Å². The number of aromatic nitrogens is 2. The highest BCUT2D eigenvalue weighted by Gasteiger charge is 2.29. The first-order valence-electron chi connectivity index (χ1n) is 8.08. The second-order valence-electron chi connectivity index (χ2n) is 6.26. The van der Waals surface area contributed by atoms with Gasteiger partial charge in [-0.3, -0.25) is 4.68 Å². The average Bonchev–Trinajstić information content (AvgIpc) is 3.26. The summed E-state index contributed by atoms with van der Waals surface area (Å²) in [4.78, 5) is 14.3. The summed E-state index contributed by atoms with van der Waals surface area (Å²) >= 11 is 0. The van der Waals surface area contributed by atoms with Crippen LogP contribution >= 0.6 is 0 Å². The van der Waals surface area contributed by atoms with Crippen LogP contribution in [0.4, 0.5) is 10.5 Å². The molecule has 7 heteroatoms. The number of urea groups is 1. The van der Waals surface area contributed by atoms with E-state index in [-0.39, 0.29) is 18.9 Å². The monoisotopic (exact) mass is 328 g/mol. The molecule has 2 aliphatic rings. The van der Waals surface area contributed by atoms with Gasteiger partial charge in [0.2, 0.25) is 6.79 Å². The maximum absolute atomic E-state index is 12.5. The van der Waals surface area contributed by atoms with E-state index in [0.717, 1.165) is 24.4 Å². The Labute approximate surface area is 140 Å². The molecule has 0 aliphatic carbocycles. The fourth-order valence-corrected chi connectivity index (χ4v) is 3.32. The van der Waals surface area contributed by atoms with Crippen molar-refractivity contribution in [3.63, 3.8) is 0 Å². The summed E-state index contributed by atoms with van der Waals surface area (Å²) < 4.78 is 12.6. The molecule has 2 aliphatic heterocycles.